The number of carbonyl (C=O) groups excluding carboxylic acids is 2. The highest BCUT2D eigenvalue weighted by atomic mass is 35.5. The van der Waals surface area contributed by atoms with Crippen LogP contribution in [0.3, 0.4) is 0 Å². The number of benzene rings is 4. The molecule has 2 amide bonds. The van der Waals surface area contributed by atoms with Crippen molar-refractivity contribution in [1.29, 1.82) is 0 Å². The summed E-state index contributed by atoms with van der Waals surface area (Å²) in [5, 5.41) is 11.7. The van der Waals surface area contributed by atoms with Crippen LogP contribution in [0.1, 0.15) is 44.0 Å². The van der Waals surface area contributed by atoms with Gasteiger partial charge in [-0.25, -0.2) is 0 Å². The zero-order chi connectivity index (χ0) is 37.8. The molecule has 3 aliphatic heterocycles. The molecular weight excluding hydrogens is 779 g/mol. The molecule has 296 valence electrons. The second-order valence-corrected chi connectivity index (χ2v) is 15.8. The maximum Gasteiger partial charge on any atom is 0.264 e. The van der Waals surface area contributed by atoms with Gasteiger partial charge in [0.05, 0.1) is 5.56 Å². The summed E-state index contributed by atoms with van der Waals surface area (Å²) in [4.78, 5) is 38.7. The Hall–Kier alpha value is -4.77. The molecule has 4 aromatic carbocycles. The van der Waals surface area contributed by atoms with Crippen LogP contribution in [0, 0.1) is 0 Å². The number of amides is 2. The molecule has 6 aromatic rings. The lowest BCUT2D eigenvalue weighted by Gasteiger charge is -2.41. The number of phenolic OH excluding ortho intramolecular Hbond substituents is 1. The van der Waals surface area contributed by atoms with Crippen LogP contribution in [0.2, 0.25) is 5.02 Å². The average molecular weight is 826 g/mol. The topological polar surface area (TPSA) is 77.2 Å². The fourth-order valence-electron chi connectivity index (χ4n) is 8.83. The summed E-state index contributed by atoms with van der Waals surface area (Å²) in [5.41, 5.74) is 8.60. The molecule has 12 heteroatoms. The number of hydrogen-bond acceptors (Lipinski definition) is 5. The molecule has 57 heavy (non-hydrogen) atoms. The number of phenols is 1. The van der Waals surface area contributed by atoms with E-state index in [1.807, 2.05) is 55.7 Å². The summed E-state index contributed by atoms with van der Waals surface area (Å²) in [6, 6.07) is 30.8. The first-order valence-corrected chi connectivity index (χ1v) is 19.6. The lowest BCUT2D eigenvalue weighted by atomic mass is 9.92. The molecule has 1 fully saturated rings. The van der Waals surface area contributed by atoms with Gasteiger partial charge in [0, 0.05) is 115 Å². The number of nitrogens with zero attached hydrogens (tertiary/aromatic N) is 6. The normalized spacial score (nSPS) is 16.8. The van der Waals surface area contributed by atoms with Gasteiger partial charge in [0.2, 0.25) is 0 Å². The minimum atomic E-state index is -0.173. The predicted molar refractivity (Wildman–Crippen MR) is 233 cm³/mol. The smallest absolute Gasteiger partial charge is 0.264 e. The lowest BCUT2D eigenvalue weighted by molar-refractivity contribution is 0.0536. The molecule has 0 unspecified atom stereocenters. The maximum atomic E-state index is 15.0. The molecule has 0 bridgehead atoms. The predicted octanol–water partition coefficient (Wildman–Crippen LogP) is 8.59. The first kappa shape index (κ1) is 40.4. The van der Waals surface area contributed by atoms with Gasteiger partial charge in [-0.15, -0.1) is 24.8 Å². The third-order valence-corrected chi connectivity index (χ3v) is 12.1. The first-order valence-electron chi connectivity index (χ1n) is 19.2. The van der Waals surface area contributed by atoms with Crippen molar-refractivity contribution in [2.45, 2.75) is 38.4 Å². The summed E-state index contributed by atoms with van der Waals surface area (Å²) in [6.45, 7) is 6.09. The largest absolute Gasteiger partial charge is 0.508 e. The lowest BCUT2D eigenvalue weighted by Crippen LogP contribution is -2.53. The van der Waals surface area contributed by atoms with Gasteiger partial charge >= 0.3 is 0 Å². The van der Waals surface area contributed by atoms with E-state index in [1.54, 1.807) is 35.2 Å². The zero-order valence-corrected chi connectivity index (χ0v) is 34.5. The molecule has 9 rings (SSSR count). The second-order valence-electron chi connectivity index (χ2n) is 15.3. The Kier molecular flexibility index (Phi) is 11.8. The van der Waals surface area contributed by atoms with Crippen molar-refractivity contribution in [2.24, 2.45) is 7.05 Å². The monoisotopic (exact) mass is 824 g/mol. The number of aromatic hydroxyl groups is 1. The van der Waals surface area contributed by atoms with E-state index in [0.29, 0.717) is 28.4 Å². The van der Waals surface area contributed by atoms with Gasteiger partial charge in [0.1, 0.15) is 5.75 Å². The molecule has 3 aliphatic rings. The Morgan fingerprint density at radius 3 is 2.32 bits per heavy atom. The highest BCUT2D eigenvalue weighted by Crippen LogP contribution is 2.39. The average Bonchev–Trinajstić information content (AvgIpc) is 3.92. The van der Waals surface area contributed by atoms with E-state index in [4.69, 9.17) is 11.6 Å². The Bertz CT molecular complexity index is 2440. The van der Waals surface area contributed by atoms with Crippen LogP contribution in [0.5, 0.6) is 5.75 Å². The Morgan fingerprint density at radius 2 is 1.54 bits per heavy atom. The van der Waals surface area contributed by atoms with Crippen LogP contribution in [-0.2, 0) is 33.0 Å². The van der Waals surface area contributed by atoms with Crippen LogP contribution < -0.4 is 4.90 Å². The number of carbonyl (C=O) groups is 2. The van der Waals surface area contributed by atoms with E-state index >= 15 is 9.59 Å². The molecule has 1 atom stereocenters. The van der Waals surface area contributed by atoms with Crippen LogP contribution in [0.25, 0.3) is 22.2 Å². The van der Waals surface area contributed by atoms with Crippen molar-refractivity contribution in [3.05, 3.63) is 136 Å². The summed E-state index contributed by atoms with van der Waals surface area (Å²) >= 11 is 6.74. The Balaban J connectivity index is 0.00000248. The van der Waals surface area contributed by atoms with E-state index in [-0.39, 0.29) is 48.4 Å². The third-order valence-electron chi connectivity index (χ3n) is 11.8. The van der Waals surface area contributed by atoms with Crippen molar-refractivity contribution >= 4 is 70.5 Å². The second kappa shape index (κ2) is 16.6. The first-order chi connectivity index (χ1) is 26.7. The number of aryl methyl sites for hydroxylation is 1. The van der Waals surface area contributed by atoms with Gasteiger partial charge < -0.3 is 24.0 Å². The molecule has 0 aliphatic carbocycles. The zero-order valence-electron chi connectivity index (χ0n) is 32.1. The van der Waals surface area contributed by atoms with Gasteiger partial charge in [-0.2, -0.15) is 0 Å². The molecule has 5 heterocycles. The number of piperazine rings is 1. The minimum Gasteiger partial charge on any atom is -0.508 e. The highest BCUT2D eigenvalue weighted by Gasteiger charge is 2.35. The molecule has 1 saturated heterocycles. The standard InChI is InChI=1S/C45H45ClN6O3.2ClH/c1-47-20-22-49(23-21-47)29-36-24-30-6-3-4-7-32(30)28-51(36)44(54)38-15-9-33(46)26-39(38)43-27-40(42-8-5-18-50(42)43)45(55)52(34-10-13-37(53)14-11-34)35-12-16-41-31(25-35)17-19-48(41)2;;/h3-4,6-7,9-17,19,25-27,36,53H,5,8,18,20-24,28-29H2,1-2H3;2*1H/t36-;;/m0../s1. The minimum absolute atomic E-state index is 0. The summed E-state index contributed by atoms with van der Waals surface area (Å²) in [5.74, 6) is -0.0703. The number of hydrogen-bond donors (Lipinski definition) is 1. The number of anilines is 2. The fraction of sp³-hybridized carbons (Fsp3) is 0.289. The molecule has 0 radical (unpaired) electrons. The Morgan fingerprint density at radius 1 is 0.807 bits per heavy atom. The van der Waals surface area contributed by atoms with Crippen molar-refractivity contribution in [2.75, 3.05) is 44.7 Å². The molecule has 0 saturated carbocycles. The van der Waals surface area contributed by atoms with Crippen LogP contribution in [0.4, 0.5) is 11.4 Å². The molecular formula is C45H47Cl3N6O3. The highest BCUT2D eigenvalue weighted by molar-refractivity contribution is 6.31. The number of rotatable bonds is 7. The quantitative estimate of drug-likeness (QED) is 0.175. The van der Waals surface area contributed by atoms with Crippen molar-refractivity contribution in [1.82, 2.24) is 23.8 Å². The SMILES string of the molecule is CN1CCN(C[C@@H]2Cc3ccccc3CN2C(=O)c2ccc(Cl)cc2-c2cc(C(=O)N(c3ccc(O)cc3)c3ccc4c(ccn4C)c3)c3n2CCC3)CC1.Cl.Cl. The fourth-order valence-corrected chi connectivity index (χ4v) is 9.00. The number of likely N-dealkylation sites (N-methyl/N-ethyl adjacent to an activating group) is 1. The van der Waals surface area contributed by atoms with E-state index in [0.717, 1.165) is 92.1 Å². The molecule has 9 nitrogen and oxygen atoms in total. The summed E-state index contributed by atoms with van der Waals surface area (Å²) in [7, 11) is 4.17. The molecule has 1 N–H and O–H groups in total. The van der Waals surface area contributed by atoms with Crippen LogP contribution >= 0.6 is 36.4 Å². The van der Waals surface area contributed by atoms with Gasteiger partial charge in [-0.3, -0.25) is 19.4 Å². The Labute approximate surface area is 350 Å². The third kappa shape index (κ3) is 7.67. The summed E-state index contributed by atoms with van der Waals surface area (Å²) < 4.78 is 4.26. The van der Waals surface area contributed by atoms with Gasteiger partial charge in [0.25, 0.3) is 11.8 Å². The van der Waals surface area contributed by atoms with E-state index in [9.17, 15) is 5.11 Å². The van der Waals surface area contributed by atoms with Crippen molar-refractivity contribution in [3.63, 3.8) is 0 Å². The van der Waals surface area contributed by atoms with Crippen LogP contribution in [-0.4, -0.2) is 86.6 Å². The number of aromatic nitrogens is 2. The van der Waals surface area contributed by atoms with E-state index in [1.165, 1.54) is 11.1 Å². The van der Waals surface area contributed by atoms with Crippen molar-refractivity contribution in [3.8, 4) is 17.0 Å². The van der Waals surface area contributed by atoms with Crippen molar-refractivity contribution < 1.29 is 14.7 Å². The van der Waals surface area contributed by atoms with Gasteiger partial charge in [0.15, 0.2) is 0 Å². The van der Waals surface area contributed by atoms with E-state index < -0.39 is 0 Å². The number of halogens is 3. The number of fused-ring (bicyclic) bond motifs is 3. The molecule has 2 aromatic heterocycles. The van der Waals surface area contributed by atoms with E-state index in [2.05, 4.69) is 55.1 Å². The maximum absolute atomic E-state index is 15.0. The van der Waals surface area contributed by atoms with Crippen LogP contribution in [0.15, 0.2) is 103 Å². The van der Waals surface area contributed by atoms with Gasteiger partial charge in [-0.1, -0.05) is 35.9 Å². The summed E-state index contributed by atoms with van der Waals surface area (Å²) in [6.07, 6.45) is 4.44. The van der Waals surface area contributed by atoms with Gasteiger partial charge in [-0.05, 0) is 110 Å². The molecule has 0 spiro atoms.